The van der Waals surface area contributed by atoms with Gasteiger partial charge in [0.15, 0.2) is 4.34 Å². The van der Waals surface area contributed by atoms with Crippen LogP contribution in [0.4, 0.5) is 5.69 Å². The van der Waals surface area contributed by atoms with E-state index in [0.29, 0.717) is 10.0 Å². The van der Waals surface area contributed by atoms with Crippen LogP contribution in [0, 0.1) is 0 Å². The zero-order valence-electron chi connectivity index (χ0n) is 8.41. The molecule has 0 aliphatic rings. The number of nitrogens with zero attached hydrogens (tertiary/aromatic N) is 2. The van der Waals surface area contributed by atoms with Gasteiger partial charge in [0.1, 0.15) is 0 Å². The van der Waals surface area contributed by atoms with Crippen LogP contribution in [0.1, 0.15) is 0 Å². The van der Waals surface area contributed by atoms with Crippen LogP contribution in [0.5, 0.6) is 0 Å². The summed E-state index contributed by atoms with van der Waals surface area (Å²) in [5, 5.41) is 8.56. The molecule has 0 fully saturated rings. The number of aliphatic imine (C=N–C) groups is 1. The SMILES string of the molecule is O=C=Nc1ccc2nc(SCC(=O)O)sc2c1. The zero-order valence-corrected chi connectivity index (χ0v) is 10.0. The van der Waals surface area contributed by atoms with Crippen molar-refractivity contribution in [2.75, 3.05) is 5.75 Å². The molecule has 0 bridgehead atoms. The van der Waals surface area contributed by atoms with Gasteiger partial charge >= 0.3 is 5.97 Å². The molecule has 0 amide bonds. The van der Waals surface area contributed by atoms with Gasteiger partial charge in [-0.3, -0.25) is 4.79 Å². The third-order valence-electron chi connectivity index (χ3n) is 1.85. The van der Waals surface area contributed by atoms with Crippen LogP contribution < -0.4 is 0 Å². The Morgan fingerprint density at radius 3 is 3.12 bits per heavy atom. The standard InChI is InChI=1S/C10H6N2O3S2/c13-5-11-6-1-2-7-8(3-6)17-10(12-7)16-4-9(14)15/h1-3H,4H2,(H,14,15). The summed E-state index contributed by atoms with van der Waals surface area (Å²) in [7, 11) is 0. The molecule has 0 aliphatic heterocycles. The number of hydrogen-bond acceptors (Lipinski definition) is 6. The molecule has 0 radical (unpaired) electrons. The molecule has 0 aliphatic carbocycles. The predicted molar refractivity (Wildman–Crippen MR) is 65.8 cm³/mol. The van der Waals surface area contributed by atoms with E-state index in [1.54, 1.807) is 18.2 Å². The van der Waals surface area contributed by atoms with Gasteiger partial charge in [-0.15, -0.1) is 11.3 Å². The fourth-order valence-corrected chi connectivity index (χ4v) is 3.02. The summed E-state index contributed by atoms with van der Waals surface area (Å²) in [4.78, 5) is 28.3. The first kappa shape index (κ1) is 11.8. The number of aliphatic carboxylic acids is 1. The molecular formula is C10H6N2O3S2. The monoisotopic (exact) mass is 266 g/mol. The molecule has 2 rings (SSSR count). The Balaban J connectivity index is 2.30. The Kier molecular flexibility index (Phi) is 3.53. The highest BCUT2D eigenvalue weighted by atomic mass is 32.2. The number of isocyanates is 1. The maximum atomic E-state index is 10.4. The fourth-order valence-electron chi connectivity index (χ4n) is 1.20. The first-order chi connectivity index (χ1) is 8.19. The van der Waals surface area contributed by atoms with Gasteiger partial charge in [0, 0.05) is 0 Å². The van der Waals surface area contributed by atoms with E-state index in [1.807, 2.05) is 0 Å². The van der Waals surface area contributed by atoms with E-state index >= 15 is 0 Å². The first-order valence-corrected chi connectivity index (χ1v) is 6.32. The topological polar surface area (TPSA) is 79.6 Å². The minimum absolute atomic E-state index is 0.0147. The van der Waals surface area contributed by atoms with Gasteiger partial charge in [-0.2, -0.15) is 4.99 Å². The van der Waals surface area contributed by atoms with E-state index in [4.69, 9.17) is 5.11 Å². The van der Waals surface area contributed by atoms with Crippen molar-refractivity contribution >= 4 is 51.1 Å². The Labute approximate surface area is 104 Å². The number of thiazole rings is 1. The van der Waals surface area contributed by atoms with Crippen LogP contribution in [0.15, 0.2) is 27.5 Å². The Hall–Kier alpha value is -1.69. The van der Waals surface area contributed by atoms with Crippen molar-refractivity contribution in [3.8, 4) is 0 Å². The molecule has 1 heterocycles. The van der Waals surface area contributed by atoms with E-state index in [-0.39, 0.29) is 5.75 Å². The molecule has 0 unspecified atom stereocenters. The van der Waals surface area contributed by atoms with Crippen LogP contribution >= 0.6 is 23.1 Å². The highest BCUT2D eigenvalue weighted by Crippen LogP contribution is 2.31. The molecule has 0 saturated heterocycles. The zero-order chi connectivity index (χ0) is 12.3. The lowest BCUT2D eigenvalue weighted by Gasteiger charge is -1.88. The minimum atomic E-state index is -0.875. The highest BCUT2D eigenvalue weighted by molar-refractivity contribution is 8.01. The smallest absolute Gasteiger partial charge is 0.313 e. The van der Waals surface area contributed by atoms with Gasteiger partial charge in [0.25, 0.3) is 0 Å². The summed E-state index contributed by atoms with van der Waals surface area (Å²) < 4.78 is 1.56. The maximum absolute atomic E-state index is 10.4. The molecular weight excluding hydrogens is 260 g/mol. The number of carboxylic acid groups (broad SMARTS) is 1. The van der Waals surface area contributed by atoms with Crippen molar-refractivity contribution in [1.29, 1.82) is 0 Å². The van der Waals surface area contributed by atoms with Crippen molar-refractivity contribution < 1.29 is 14.7 Å². The van der Waals surface area contributed by atoms with Crippen molar-refractivity contribution in [2.45, 2.75) is 4.34 Å². The van der Waals surface area contributed by atoms with Crippen molar-refractivity contribution in [3.05, 3.63) is 18.2 Å². The van der Waals surface area contributed by atoms with Gasteiger partial charge in [-0.25, -0.2) is 9.78 Å². The fraction of sp³-hybridized carbons (Fsp3) is 0.100. The van der Waals surface area contributed by atoms with Crippen molar-refractivity contribution in [1.82, 2.24) is 4.98 Å². The van der Waals surface area contributed by atoms with Gasteiger partial charge in [0.05, 0.1) is 21.7 Å². The summed E-state index contributed by atoms with van der Waals surface area (Å²) in [5.41, 5.74) is 1.29. The van der Waals surface area contributed by atoms with E-state index in [1.165, 1.54) is 29.2 Å². The number of aromatic nitrogens is 1. The van der Waals surface area contributed by atoms with E-state index in [9.17, 15) is 9.59 Å². The molecule has 17 heavy (non-hydrogen) atoms. The largest absolute Gasteiger partial charge is 0.481 e. The molecule has 1 aromatic carbocycles. The number of benzene rings is 1. The van der Waals surface area contributed by atoms with Crippen LogP contribution in [0.3, 0.4) is 0 Å². The van der Waals surface area contributed by atoms with Gasteiger partial charge in [0.2, 0.25) is 6.08 Å². The van der Waals surface area contributed by atoms with E-state index in [2.05, 4.69) is 9.98 Å². The van der Waals surface area contributed by atoms with Crippen LogP contribution in [0.25, 0.3) is 10.2 Å². The highest BCUT2D eigenvalue weighted by Gasteiger charge is 2.07. The summed E-state index contributed by atoms with van der Waals surface area (Å²) in [5.74, 6) is -0.889. The molecule has 7 heteroatoms. The molecule has 2 aromatic rings. The predicted octanol–water partition coefficient (Wildman–Crippen LogP) is 2.44. The summed E-state index contributed by atoms with van der Waals surface area (Å²) in [6.45, 7) is 0. The van der Waals surface area contributed by atoms with E-state index in [0.717, 1.165) is 10.2 Å². The number of carbonyl (C=O) groups is 1. The quantitative estimate of drug-likeness (QED) is 0.522. The van der Waals surface area contributed by atoms with Gasteiger partial charge in [-0.1, -0.05) is 11.8 Å². The number of hydrogen-bond donors (Lipinski definition) is 1. The van der Waals surface area contributed by atoms with Crippen LogP contribution in [0.2, 0.25) is 0 Å². The molecule has 0 spiro atoms. The van der Waals surface area contributed by atoms with E-state index < -0.39 is 5.97 Å². The van der Waals surface area contributed by atoms with Crippen LogP contribution in [-0.4, -0.2) is 27.9 Å². The summed E-state index contributed by atoms with van der Waals surface area (Å²) in [6, 6.07) is 5.13. The molecule has 5 nitrogen and oxygen atoms in total. The maximum Gasteiger partial charge on any atom is 0.313 e. The third-order valence-corrected chi connectivity index (χ3v) is 3.99. The first-order valence-electron chi connectivity index (χ1n) is 4.52. The number of thioether (sulfide) groups is 1. The van der Waals surface area contributed by atoms with Gasteiger partial charge in [-0.05, 0) is 18.2 Å². The number of carbonyl (C=O) groups excluding carboxylic acids is 1. The average molecular weight is 266 g/mol. The number of rotatable bonds is 4. The van der Waals surface area contributed by atoms with Crippen molar-refractivity contribution in [2.24, 2.45) is 4.99 Å². The van der Waals surface area contributed by atoms with Crippen LogP contribution in [-0.2, 0) is 9.59 Å². The molecule has 86 valence electrons. The molecule has 0 atom stereocenters. The minimum Gasteiger partial charge on any atom is -0.481 e. The average Bonchev–Trinajstić information content (AvgIpc) is 2.69. The molecule has 1 aromatic heterocycles. The number of fused-ring (bicyclic) bond motifs is 1. The molecule has 0 saturated carbocycles. The lowest BCUT2D eigenvalue weighted by atomic mass is 10.3. The normalized spacial score (nSPS) is 10.1. The summed E-state index contributed by atoms with van der Waals surface area (Å²) >= 11 is 2.55. The lowest BCUT2D eigenvalue weighted by molar-refractivity contribution is -0.133. The third kappa shape index (κ3) is 2.91. The second kappa shape index (κ2) is 5.09. The van der Waals surface area contributed by atoms with Gasteiger partial charge < -0.3 is 5.11 Å². The Bertz CT molecular complexity index is 617. The molecule has 1 N–H and O–H groups in total. The second-order valence-corrected chi connectivity index (χ2v) is 5.27. The second-order valence-electron chi connectivity index (χ2n) is 3.02. The number of carboxylic acids is 1. The Morgan fingerprint density at radius 2 is 2.41 bits per heavy atom. The lowest BCUT2D eigenvalue weighted by Crippen LogP contribution is -1.96. The van der Waals surface area contributed by atoms with Crippen molar-refractivity contribution in [3.63, 3.8) is 0 Å². The summed E-state index contributed by atoms with van der Waals surface area (Å²) in [6.07, 6.45) is 1.47. The Morgan fingerprint density at radius 1 is 1.59 bits per heavy atom.